The molecule has 0 aliphatic rings. The lowest BCUT2D eigenvalue weighted by Crippen LogP contribution is -2.28. The first kappa shape index (κ1) is 23.1. The third-order valence-corrected chi connectivity index (χ3v) is 4.80. The molecule has 0 unspecified atom stereocenters. The fourth-order valence-corrected chi connectivity index (χ4v) is 3.39. The monoisotopic (exact) mass is 462 g/mol. The first-order valence-electron chi connectivity index (χ1n) is 10.7. The van der Waals surface area contributed by atoms with E-state index in [0.717, 1.165) is 15.8 Å². The van der Waals surface area contributed by atoms with E-state index in [4.69, 9.17) is 9.47 Å². The minimum absolute atomic E-state index is 0.145. The third-order valence-electron chi connectivity index (χ3n) is 4.80. The van der Waals surface area contributed by atoms with E-state index in [9.17, 15) is 9.59 Å². The predicted octanol–water partition coefficient (Wildman–Crippen LogP) is 3.71. The number of rotatable bonds is 6. The van der Waals surface area contributed by atoms with Gasteiger partial charge in [-0.25, -0.2) is 9.48 Å². The molecule has 0 aliphatic carbocycles. The number of anilines is 1. The van der Waals surface area contributed by atoms with Gasteiger partial charge in [0.25, 0.3) is 5.91 Å². The van der Waals surface area contributed by atoms with Gasteiger partial charge < -0.3 is 14.8 Å². The topological polar surface area (TPSA) is 113 Å². The number of ether oxygens (including phenoxy) is 2. The Morgan fingerprint density at radius 3 is 2.56 bits per heavy atom. The molecule has 4 aromatic rings. The van der Waals surface area contributed by atoms with Crippen molar-refractivity contribution in [1.29, 1.82) is 0 Å². The first-order valence-corrected chi connectivity index (χ1v) is 10.7. The molecule has 34 heavy (non-hydrogen) atoms. The van der Waals surface area contributed by atoms with E-state index >= 15 is 0 Å². The minimum atomic E-state index is -0.702. The molecule has 0 saturated heterocycles. The summed E-state index contributed by atoms with van der Waals surface area (Å²) in [5, 5.41) is 16.1. The second kappa shape index (κ2) is 9.44. The maximum Gasteiger partial charge on any atom is 0.435 e. The molecule has 2 aromatic carbocycles. The van der Waals surface area contributed by atoms with E-state index in [1.165, 1.54) is 7.11 Å². The van der Waals surface area contributed by atoms with E-state index in [1.807, 2.05) is 48.7 Å². The highest BCUT2D eigenvalue weighted by Crippen LogP contribution is 2.29. The molecule has 1 N–H and O–H groups in total. The highest BCUT2D eigenvalue weighted by atomic mass is 16.6. The van der Waals surface area contributed by atoms with Crippen molar-refractivity contribution >= 4 is 28.7 Å². The summed E-state index contributed by atoms with van der Waals surface area (Å²) < 4.78 is 13.3. The Kier molecular flexibility index (Phi) is 6.42. The number of nitrogens with one attached hydrogen (secondary N) is 1. The Hall–Kier alpha value is -4.05. The summed E-state index contributed by atoms with van der Waals surface area (Å²) in [6.07, 6.45) is 1.20. The molecular weight excluding hydrogens is 436 g/mol. The maximum absolute atomic E-state index is 12.7. The summed E-state index contributed by atoms with van der Waals surface area (Å²) >= 11 is 0. The van der Waals surface area contributed by atoms with Crippen LogP contribution >= 0.6 is 0 Å². The number of methoxy groups -OCH3 is 1. The lowest BCUT2D eigenvalue weighted by molar-refractivity contribution is -0.119. The van der Waals surface area contributed by atoms with Gasteiger partial charge in [0, 0.05) is 18.1 Å². The Morgan fingerprint density at radius 2 is 1.85 bits per heavy atom. The number of hydrogen-bond donors (Lipinski definition) is 1. The van der Waals surface area contributed by atoms with Crippen LogP contribution in [0.3, 0.4) is 0 Å². The van der Waals surface area contributed by atoms with Crippen LogP contribution in [0.1, 0.15) is 26.3 Å². The molecule has 176 valence electrons. The Bertz CT molecular complexity index is 1320. The van der Waals surface area contributed by atoms with Gasteiger partial charge in [-0.1, -0.05) is 41.6 Å². The number of benzene rings is 2. The number of aromatic nitrogens is 5. The number of nitrogens with zero attached hydrogens (tertiary/aromatic N) is 5. The van der Waals surface area contributed by atoms with E-state index in [0.29, 0.717) is 23.1 Å². The molecule has 0 spiro atoms. The molecule has 0 atom stereocenters. The second-order valence-corrected chi connectivity index (χ2v) is 8.74. The number of amides is 1. The molecule has 0 fully saturated rings. The zero-order chi connectivity index (χ0) is 24.3. The Labute approximate surface area is 196 Å². The van der Waals surface area contributed by atoms with Crippen molar-refractivity contribution in [3.05, 3.63) is 60.3 Å². The number of hydrogen-bond acceptors (Lipinski definition) is 7. The molecule has 10 heteroatoms. The van der Waals surface area contributed by atoms with Crippen LogP contribution in [0.4, 0.5) is 10.6 Å². The summed E-state index contributed by atoms with van der Waals surface area (Å²) in [7, 11) is 1.42. The zero-order valence-electron chi connectivity index (χ0n) is 19.5. The quantitative estimate of drug-likeness (QED) is 0.465. The van der Waals surface area contributed by atoms with Crippen LogP contribution in [-0.2, 0) is 20.8 Å². The summed E-state index contributed by atoms with van der Waals surface area (Å²) in [6, 6.07) is 15.3. The highest BCUT2D eigenvalue weighted by Gasteiger charge is 2.23. The van der Waals surface area contributed by atoms with E-state index < -0.39 is 17.6 Å². The maximum atomic E-state index is 12.7. The lowest BCUT2D eigenvalue weighted by atomic mass is 10.1. The summed E-state index contributed by atoms with van der Waals surface area (Å²) in [5.74, 6) is -0.168. The third kappa shape index (κ3) is 5.29. The van der Waals surface area contributed by atoms with Crippen LogP contribution in [0.15, 0.2) is 54.7 Å². The molecule has 1 amide bonds. The van der Waals surface area contributed by atoms with Crippen LogP contribution in [0, 0.1) is 0 Å². The number of fused-ring (bicyclic) bond motifs is 1. The average molecular weight is 463 g/mol. The highest BCUT2D eigenvalue weighted by molar-refractivity contribution is 6.03. The van der Waals surface area contributed by atoms with Gasteiger partial charge >= 0.3 is 6.09 Å². The van der Waals surface area contributed by atoms with Crippen molar-refractivity contribution in [2.24, 2.45) is 0 Å². The fraction of sp³-hybridized carbons (Fsp3) is 0.292. The van der Waals surface area contributed by atoms with E-state index in [2.05, 4.69) is 20.7 Å². The predicted molar refractivity (Wildman–Crippen MR) is 126 cm³/mol. The summed E-state index contributed by atoms with van der Waals surface area (Å²) in [4.78, 5) is 24.9. The minimum Gasteiger partial charge on any atom is -0.442 e. The summed E-state index contributed by atoms with van der Waals surface area (Å²) in [6.45, 7) is 5.76. The first-order chi connectivity index (χ1) is 16.2. The molecule has 0 saturated carbocycles. The Morgan fingerprint density at radius 1 is 1.09 bits per heavy atom. The number of carbonyl (C=O) groups is 2. The molecule has 0 aliphatic heterocycles. The number of carbonyl (C=O) groups excluding carboxylic acids is 2. The summed E-state index contributed by atoms with van der Waals surface area (Å²) in [5.41, 5.74) is 2.31. The van der Waals surface area contributed by atoms with Crippen LogP contribution in [-0.4, -0.2) is 56.1 Å². The van der Waals surface area contributed by atoms with E-state index in [1.54, 1.807) is 31.5 Å². The molecule has 0 bridgehead atoms. The van der Waals surface area contributed by atoms with Crippen LogP contribution < -0.4 is 5.32 Å². The van der Waals surface area contributed by atoms with Crippen molar-refractivity contribution < 1.29 is 19.1 Å². The molecule has 2 aromatic heterocycles. The van der Waals surface area contributed by atoms with Crippen molar-refractivity contribution in [2.75, 3.05) is 19.0 Å². The van der Waals surface area contributed by atoms with Crippen molar-refractivity contribution in [3.63, 3.8) is 0 Å². The lowest BCUT2D eigenvalue weighted by Gasteiger charge is -2.19. The van der Waals surface area contributed by atoms with Crippen molar-refractivity contribution in [3.8, 4) is 11.3 Å². The van der Waals surface area contributed by atoms with Gasteiger partial charge in [-0.2, -0.15) is 4.68 Å². The second-order valence-electron chi connectivity index (χ2n) is 8.74. The SMILES string of the molecule is COCC(=O)Nc1nn(C(=O)OC(C)(C)C)c2ccc(-c3cn(Cc4ccccc4)nn3)cc12. The Balaban J connectivity index is 1.70. The van der Waals surface area contributed by atoms with Gasteiger partial charge in [-0.3, -0.25) is 4.79 Å². The van der Waals surface area contributed by atoms with Gasteiger partial charge in [0.2, 0.25) is 0 Å². The van der Waals surface area contributed by atoms with Gasteiger partial charge in [0.15, 0.2) is 5.82 Å². The van der Waals surface area contributed by atoms with E-state index in [-0.39, 0.29) is 12.4 Å². The van der Waals surface area contributed by atoms with Crippen LogP contribution in [0.5, 0.6) is 0 Å². The smallest absolute Gasteiger partial charge is 0.435 e. The molecule has 0 radical (unpaired) electrons. The molecule has 4 rings (SSSR count). The van der Waals surface area contributed by atoms with Crippen LogP contribution in [0.25, 0.3) is 22.2 Å². The standard InChI is InChI=1S/C24H26N6O4/c1-24(2,3)34-23(32)30-20-11-10-17(12-18(20)22(27-30)25-21(31)15-33-4)19-14-29(28-26-19)13-16-8-6-5-7-9-16/h5-12,14H,13,15H2,1-4H3,(H,25,27,31). The average Bonchev–Trinajstić information content (AvgIpc) is 3.38. The van der Waals surface area contributed by atoms with Gasteiger partial charge in [0.05, 0.1) is 18.3 Å². The normalized spacial score (nSPS) is 11.5. The van der Waals surface area contributed by atoms with Crippen molar-refractivity contribution in [2.45, 2.75) is 32.9 Å². The molecule has 2 heterocycles. The zero-order valence-corrected chi connectivity index (χ0v) is 19.5. The van der Waals surface area contributed by atoms with Gasteiger partial charge in [-0.05, 0) is 38.5 Å². The molecule has 10 nitrogen and oxygen atoms in total. The fourth-order valence-electron chi connectivity index (χ4n) is 3.39. The van der Waals surface area contributed by atoms with Crippen LogP contribution in [0.2, 0.25) is 0 Å². The molecular formula is C24H26N6O4. The largest absolute Gasteiger partial charge is 0.442 e. The van der Waals surface area contributed by atoms with Crippen molar-refractivity contribution in [1.82, 2.24) is 24.8 Å². The van der Waals surface area contributed by atoms with Gasteiger partial charge in [0.1, 0.15) is 17.9 Å². The van der Waals surface area contributed by atoms with Gasteiger partial charge in [-0.15, -0.1) is 10.2 Å².